The summed E-state index contributed by atoms with van der Waals surface area (Å²) in [5, 5.41) is 1.48. The van der Waals surface area contributed by atoms with E-state index in [0.29, 0.717) is 22.4 Å². The molecule has 180 valence electrons. The van der Waals surface area contributed by atoms with Gasteiger partial charge in [-0.3, -0.25) is 0 Å². The molecule has 1 unspecified atom stereocenters. The minimum absolute atomic E-state index is 0.0590. The molecule has 1 saturated carbocycles. The highest BCUT2D eigenvalue weighted by Crippen LogP contribution is 2.34. The number of pyridine rings is 1. The number of nitrogens with two attached hydrogens (primary N) is 2. The maximum atomic E-state index is 13.8. The molecule has 2 fully saturated rings. The number of ether oxygens (including phenoxy) is 2. The van der Waals surface area contributed by atoms with Crippen molar-refractivity contribution >= 4 is 44.2 Å². The second-order valence-electron chi connectivity index (χ2n) is 8.39. The largest absolute Gasteiger partial charge is 0.370 e. The van der Waals surface area contributed by atoms with Crippen molar-refractivity contribution in [2.75, 3.05) is 19.8 Å². The summed E-state index contributed by atoms with van der Waals surface area (Å²) in [7, 11) is -3.81. The van der Waals surface area contributed by atoms with Crippen LogP contribution in [0.4, 0.5) is 5.82 Å². The second-order valence-corrected chi connectivity index (χ2v) is 10.7. The van der Waals surface area contributed by atoms with E-state index in [-0.39, 0.29) is 42.2 Å². The van der Waals surface area contributed by atoms with Gasteiger partial charge in [-0.15, -0.1) is 0 Å². The van der Waals surface area contributed by atoms with E-state index in [9.17, 15) is 8.42 Å². The van der Waals surface area contributed by atoms with Crippen molar-refractivity contribution in [3.05, 3.63) is 29.4 Å². The van der Waals surface area contributed by atoms with E-state index in [0.717, 1.165) is 44.9 Å². The number of benzene rings is 1. The van der Waals surface area contributed by atoms with Crippen LogP contribution < -0.4 is 11.5 Å². The SMILES string of the molecule is NC(N)=Nc1ncc(Cl)c2ccc(S(=O)(=O)N(CCOC3CCCCO3)C3CCCC3)cc12. The lowest BCUT2D eigenvalue weighted by Gasteiger charge is -2.29. The van der Waals surface area contributed by atoms with Crippen LogP contribution in [0.3, 0.4) is 0 Å². The molecule has 1 aliphatic heterocycles. The lowest BCUT2D eigenvalue weighted by Crippen LogP contribution is -2.41. The third kappa shape index (κ3) is 5.58. The van der Waals surface area contributed by atoms with Crippen LogP contribution >= 0.6 is 11.6 Å². The van der Waals surface area contributed by atoms with Gasteiger partial charge in [0.2, 0.25) is 10.0 Å². The molecule has 4 rings (SSSR count). The van der Waals surface area contributed by atoms with Crippen molar-refractivity contribution in [2.24, 2.45) is 16.5 Å². The maximum absolute atomic E-state index is 13.8. The van der Waals surface area contributed by atoms with Gasteiger partial charge in [-0.1, -0.05) is 30.5 Å². The summed E-state index contributed by atoms with van der Waals surface area (Å²) in [6.45, 7) is 1.22. The molecule has 11 heteroatoms. The summed E-state index contributed by atoms with van der Waals surface area (Å²) in [5.74, 6) is 0.0469. The summed E-state index contributed by atoms with van der Waals surface area (Å²) in [6, 6.07) is 4.71. The van der Waals surface area contributed by atoms with Gasteiger partial charge in [0.1, 0.15) is 0 Å². The molecule has 0 bridgehead atoms. The van der Waals surface area contributed by atoms with Gasteiger partial charge >= 0.3 is 0 Å². The summed E-state index contributed by atoms with van der Waals surface area (Å²) in [5.41, 5.74) is 11.1. The number of aliphatic imine (C=N–C) groups is 1. The first-order valence-corrected chi connectivity index (χ1v) is 13.1. The lowest BCUT2D eigenvalue weighted by atomic mass is 10.1. The number of aromatic nitrogens is 1. The zero-order valence-corrected chi connectivity index (χ0v) is 20.0. The van der Waals surface area contributed by atoms with Crippen molar-refractivity contribution in [2.45, 2.75) is 62.2 Å². The number of hydrogen-bond acceptors (Lipinski definition) is 6. The Hall–Kier alpha value is -1.98. The topological polar surface area (TPSA) is 133 Å². The Morgan fingerprint density at radius 1 is 1.18 bits per heavy atom. The van der Waals surface area contributed by atoms with Crippen molar-refractivity contribution in [1.82, 2.24) is 9.29 Å². The first-order chi connectivity index (χ1) is 15.9. The average molecular weight is 496 g/mol. The fourth-order valence-corrected chi connectivity index (χ4v) is 6.40. The van der Waals surface area contributed by atoms with Gasteiger partial charge in [-0.25, -0.2) is 13.4 Å². The van der Waals surface area contributed by atoms with Gasteiger partial charge in [-0.2, -0.15) is 9.30 Å². The van der Waals surface area contributed by atoms with Crippen LogP contribution in [0.2, 0.25) is 5.02 Å². The molecule has 0 amide bonds. The van der Waals surface area contributed by atoms with E-state index in [4.69, 9.17) is 32.5 Å². The highest BCUT2D eigenvalue weighted by Gasteiger charge is 2.33. The maximum Gasteiger partial charge on any atom is 0.243 e. The van der Waals surface area contributed by atoms with Crippen LogP contribution in [0.15, 0.2) is 34.3 Å². The number of hydrogen-bond donors (Lipinski definition) is 2. The number of nitrogens with zero attached hydrogens (tertiary/aromatic N) is 3. The Bertz CT molecular complexity index is 1110. The fraction of sp³-hybridized carbons (Fsp3) is 0.545. The van der Waals surface area contributed by atoms with Gasteiger partial charge in [0.15, 0.2) is 18.1 Å². The highest BCUT2D eigenvalue weighted by atomic mass is 35.5. The molecule has 1 aromatic heterocycles. The van der Waals surface area contributed by atoms with Gasteiger partial charge < -0.3 is 20.9 Å². The van der Waals surface area contributed by atoms with Gasteiger partial charge in [0.05, 0.1) is 16.5 Å². The molecule has 9 nitrogen and oxygen atoms in total. The monoisotopic (exact) mass is 495 g/mol. The van der Waals surface area contributed by atoms with E-state index < -0.39 is 10.0 Å². The van der Waals surface area contributed by atoms with E-state index in [1.165, 1.54) is 6.20 Å². The molecule has 1 aliphatic carbocycles. The number of sulfonamides is 1. The molecule has 0 radical (unpaired) electrons. The molecule has 1 saturated heterocycles. The summed E-state index contributed by atoms with van der Waals surface area (Å²) < 4.78 is 40.6. The van der Waals surface area contributed by atoms with Crippen LogP contribution in [0, 0.1) is 0 Å². The molecular weight excluding hydrogens is 466 g/mol. The fourth-order valence-electron chi connectivity index (χ4n) is 4.49. The third-order valence-corrected chi connectivity index (χ3v) is 8.37. The van der Waals surface area contributed by atoms with Crippen LogP contribution in [0.5, 0.6) is 0 Å². The molecule has 33 heavy (non-hydrogen) atoms. The number of guanidine groups is 1. The summed E-state index contributed by atoms with van der Waals surface area (Å²) in [6.07, 6.45) is 7.79. The molecule has 2 heterocycles. The van der Waals surface area contributed by atoms with E-state index in [1.807, 2.05) is 0 Å². The molecule has 1 atom stereocenters. The Labute approximate surface area is 199 Å². The van der Waals surface area contributed by atoms with Crippen molar-refractivity contribution in [3.63, 3.8) is 0 Å². The van der Waals surface area contributed by atoms with Gasteiger partial charge in [0.25, 0.3) is 0 Å². The first kappa shape index (κ1) is 24.2. The molecule has 2 aromatic rings. The zero-order chi connectivity index (χ0) is 23.4. The Morgan fingerprint density at radius 2 is 1.94 bits per heavy atom. The minimum Gasteiger partial charge on any atom is -0.370 e. The number of rotatable bonds is 8. The third-order valence-electron chi connectivity index (χ3n) is 6.12. The normalized spacial score (nSPS) is 19.9. The number of fused-ring (bicyclic) bond motifs is 1. The summed E-state index contributed by atoms with van der Waals surface area (Å²) >= 11 is 6.28. The highest BCUT2D eigenvalue weighted by molar-refractivity contribution is 7.89. The van der Waals surface area contributed by atoms with Crippen LogP contribution in [0.25, 0.3) is 10.8 Å². The standard InChI is InChI=1S/C22H30ClN5O4S/c23-19-14-26-21(27-22(24)25)18-13-16(8-9-17(18)19)33(29,30)28(15-5-1-2-6-15)10-12-32-20-7-3-4-11-31-20/h8-9,13-15,20H,1-7,10-12H2,(H4,24,25,26,27). The van der Waals surface area contributed by atoms with Crippen molar-refractivity contribution in [3.8, 4) is 0 Å². The first-order valence-electron chi connectivity index (χ1n) is 11.3. The predicted molar refractivity (Wildman–Crippen MR) is 128 cm³/mol. The van der Waals surface area contributed by atoms with Crippen LogP contribution in [-0.4, -0.2) is 55.8 Å². The molecule has 4 N–H and O–H groups in total. The van der Waals surface area contributed by atoms with Crippen molar-refractivity contribution in [1.29, 1.82) is 0 Å². The zero-order valence-electron chi connectivity index (χ0n) is 18.5. The molecule has 1 aromatic carbocycles. The van der Waals surface area contributed by atoms with Crippen molar-refractivity contribution < 1.29 is 17.9 Å². The van der Waals surface area contributed by atoms with E-state index in [2.05, 4.69) is 9.98 Å². The molecule has 2 aliphatic rings. The quantitative estimate of drug-likeness (QED) is 0.424. The molecule has 0 spiro atoms. The van der Waals surface area contributed by atoms with Crippen LogP contribution in [-0.2, 0) is 19.5 Å². The molecular formula is C22H30ClN5O4S. The van der Waals surface area contributed by atoms with Gasteiger partial charge in [-0.05, 0) is 44.2 Å². The number of halogens is 1. The lowest BCUT2D eigenvalue weighted by molar-refractivity contribution is -0.163. The van der Waals surface area contributed by atoms with E-state index in [1.54, 1.807) is 22.5 Å². The smallest absolute Gasteiger partial charge is 0.243 e. The van der Waals surface area contributed by atoms with Crippen LogP contribution in [0.1, 0.15) is 44.9 Å². The second kappa shape index (κ2) is 10.5. The Kier molecular flexibility index (Phi) is 7.70. The average Bonchev–Trinajstić information content (AvgIpc) is 3.33. The minimum atomic E-state index is -3.81. The van der Waals surface area contributed by atoms with E-state index >= 15 is 0 Å². The Morgan fingerprint density at radius 3 is 2.64 bits per heavy atom. The Balaban J connectivity index is 1.64. The van der Waals surface area contributed by atoms with Gasteiger partial charge in [0, 0.05) is 36.2 Å². The summed E-state index contributed by atoms with van der Waals surface area (Å²) in [4.78, 5) is 8.35. The predicted octanol–water partition coefficient (Wildman–Crippen LogP) is 3.27.